The van der Waals surface area contributed by atoms with E-state index in [1.54, 1.807) is 28.8 Å². The number of rotatable bonds is 5. The minimum atomic E-state index is -0.806. The number of carbonyl (C=O) groups is 2. The molecule has 200 valence electrons. The number of nitrogens with zero attached hydrogens (tertiary/aromatic N) is 1. The number of thioether (sulfide) groups is 1. The Labute approximate surface area is 222 Å². The van der Waals surface area contributed by atoms with Crippen LogP contribution in [0.5, 0.6) is 0 Å². The van der Waals surface area contributed by atoms with E-state index in [-0.39, 0.29) is 36.5 Å². The van der Waals surface area contributed by atoms with Crippen molar-refractivity contribution < 1.29 is 28.2 Å². The SMILES string of the molecule is CC(C)(C)OC(=O)N1[C@H]2CSC[C@@H](Cc3ccc(NC(=O)OCc4ccccc4)c(F)c3)[C@@H]2OC1(C)C. The molecule has 0 radical (unpaired) electrons. The van der Waals surface area contributed by atoms with Gasteiger partial charge in [0.1, 0.15) is 23.8 Å². The van der Waals surface area contributed by atoms with Crippen LogP contribution in [0.25, 0.3) is 0 Å². The quantitative estimate of drug-likeness (QED) is 0.495. The zero-order valence-electron chi connectivity index (χ0n) is 22.0. The zero-order valence-corrected chi connectivity index (χ0v) is 22.8. The Balaban J connectivity index is 1.39. The van der Waals surface area contributed by atoms with E-state index in [0.717, 1.165) is 22.6 Å². The monoisotopic (exact) mass is 530 g/mol. The van der Waals surface area contributed by atoms with Crippen LogP contribution in [0.2, 0.25) is 0 Å². The number of ether oxygens (including phenoxy) is 3. The summed E-state index contributed by atoms with van der Waals surface area (Å²) in [5.41, 5.74) is 0.295. The van der Waals surface area contributed by atoms with E-state index in [0.29, 0.717) is 6.42 Å². The lowest BCUT2D eigenvalue weighted by atomic mass is 9.91. The lowest BCUT2D eigenvalue weighted by Crippen LogP contribution is -2.52. The van der Waals surface area contributed by atoms with Crippen molar-refractivity contribution in [2.45, 2.75) is 71.1 Å². The number of fused-ring (bicyclic) bond motifs is 1. The summed E-state index contributed by atoms with van der Waals surface area (Å²) < 4.78 is 32.1. The minimum absolute atomic E-state index is 0.0621. The molecule has 0 aromatic heterocycles. The van der Waals surface area contributed by atoms with Crippen LogP contribution in [0.15, 0.2) is 48.5 Å². The molecule has 7 nitrogen and oxygen atoms in total. The van der Waals surface area contributed by atoms with Crippen LogP contribution >= 0.6 is 11.8 Å². The van der Waals surface area contributed by atoms with Crippen LogP contribution in [0.3, 0.4) is 0 Å². The second-order valence-corrected chi connectivity index (χ2v) is 12.0. The first kappa shape index (κ1) is 27.3. The Morgan fingerprint density at radius 3 is 2.54 bits per heavy atom. The Morgan fingerprint density at radius 1 is 1.14 bits per heavy atom. The number of carbonyl (C=O) groups excluding carboxylic acids is 2. The normalized spacial score (nSPS) is 22.8. The molecule has 9 heteroatoms. The summed E-state index contributed by atoms with van der Waals surface area (Å²) in [6.45, 7) is 9.41. The van der Waals surface area contributed by atoms with Gasteiger partial charge in [0.15, 0.2) is 0 Å². The van der Waals surface area contributed by atoms with E-state index in [1.165, 1.54) is 6.07 Å². The highest BCUT2D eigenvalue weighted by molar-refractivity contribution is 7.99. The van der Waals surface area contributed by atoms with Gasteiger partial charge in [0.25, 0.3) is 0 Å². The first-order chi connectivity index (χ1) is 17.4. The van der Waals surface area contributed by atoms with E-state index in [2.05, 4.69) is 5.32 Å². The van der Waals surface area contributed by atoms with Crippen LogP contribution in [0.4, 0.5) is 19.7 Å². The highest BCUT2D eigenvalue weighted by Crippen LogP contribution is 2.43. The van der Waals surface area contributed by atoms with Crippen molar-refractivity contribution in [1.82, 2.24) is 4.90 Å². The van der Waals surface area contributed by atoms with Crippen molar-refractivity contribution >= 4 is 29.6 Å². The van der Waals surface area contributed by atoms with Gasteiger partial charge in [-0.15, -0.1) is 0 Å². The lowest BCUT2D eigenvalue weighted by Gasteiger charge is -2.37. The first-order valence-corrected chi connectivity index (χ1v) is 13.6. The van der Waals surface area contributed by atoms with Crippen LogP contribution in [-0.4, -0.2) is 52.1 Å². The molecule has 1 N–H and O–H groups in total. The Morgan fingerprint density at radius 2 is 1.86 bits per heavy atom. The van der Waals surface area contributed by atoms with Crippen molar-refractivity contribution in [2.75, 3.05) is 16.8 Å². The summed E-state index contributed by atoms with van der Waals surface area (Å²) in [6, 6.07) is 13.9. The Kier molecular flexibility index (Phi) is 8.04. The molecule has 2 aliphatic heterocycles. The van der Waals surface area contributed by atoms with Crippen molar-refractivity contribution in [1.29, 1.82) is 0 Å². The van der Waals surface area contributed by atoms with Gasteiger partial charge >= 0.3 is 12.2 Å². The maximum Gasteiger partial charge on any atom is 0.412 e. The van der Waals surface area contributed by atoms with Crippen molar-refractivity contribution in [3.8, 4) is 0 Å². The van der Waals surface area contributed by atoms with E-state index in [4.69, 9.17) is 14.2 Å². The first-order valence-electron chi connectivity index (χ1n) is 12.5. The zero-order chi connectivity index (χ0) is 26.8. The average Bonchev–Trinajstić information content (AvgIpc) is 3.10. The summed E-state index contributed by atoms with van der Waals surface area (Å²) in [5, 5.41) is 2.47. The fourth-order valence-electron chi connectivity index (χ4n) is 4.83. The van der Waals surface area contributed by atoms with Gasteiger partial charge in [-0.3, -0.25) is 10.2 Å². The average molecular weight is 531 g/mol. The van der Waals surface area contributed by atoms with Gasteiger partial charge in [-0.2, -0.15) is 11.8 Å². The molecule has 2 heterocycles. The minimum Gasteiger partial charge on any atom is -0.444 e. The van der Waals surface area contributed by atoms with Gasteiger partial charge in [-0.05, 0) is 70.1 Å². The standard InChI is InChI=1S/C28H35FN2O5S/c1-27(2,3)36-26(33)31-23-17-37-16-20(24(23)35-28(31,4)5)13-19-11-12-22(21(29)14-19)30-25(32)34-15-18-9-7-6-8-10-18/h6-12,14,20,23-24H,13,15-17H2,1-5H3,(H,30,32)/t20-,23+,24+/m1/s1. The molecule has 2 fully saturated rings. The van der Waals surface area contributed by atoms with Crippen LogP contribution in [-0.2, 0) is 27.2 Å². The molecular weight excluding hydrogens is 495 g/mol. The number of hydrogen-bond acceptors (Lipinski definition) is 6. The smallest absolute Gasteiger partial charge is 0.412 e. The lowest BCUT2D eigenvalue weighted by molar-refractivity contribution is -0.0871. The highest BCUT2D eigenvalue weighted by Gasteiger charge is 2.54. The van der Waals surface area contributed by atoms with Gasteiger partial charge in [0.05, 0.1) is 17.8 Å². The number of amides is 2. The molecule has 2 aliphatic rings. The largest absolute Gasteiger partial charge is 0.444 e. The Bertz CT molecular complexity index is 1120. The van der Waals surface area contributed by atoms with Crippen LogP contribution in [0.1, 0.15) is 45.7 Å². The van der Waals surface area contributed by atoms with E-state index in [9.17, 15) is 14.0 Å². The summed E-state index contributed by atoms with van der Waals surface area (Å²) in [7, 11) is 0. The van der Waals surface area contributed by atoms with E-state index in [1.807, 2.05) is 65.0 Å². The number of anilines is 1. The molecule has 4 rings (SSSR count). The van der Waals surface area contributed by atoms with Crippen LogP contribution < -0.4 is 5.32 Å². The highest BCUT2D eigenvalue weighted by atomic mass is 32.2. The molecule has 0 aliphatic carbocycles. The third-order valence-corrected chi connectivity index (χ3v) is 7.61. The number of nitrogens with one attached hydrogen (secondary N) is 1. The number of halogens is 1. The fourth-order valence-corrected chi connectivity index (χ4v) is 6.16. The maximum absolute atomic E-state index is 14.9. The van der Waals surface area contributed by atoms with Crippen molar-refractivity contribution in [2.24, 2.45) is 5.92 Å². The fraction of sp³-hybridized carbons (Fsp3) is 0.500. The molecular formula is C28H35FN2O5S. The van der Waals surface area contributed by atoms with Crippen molar-refractivity contribution in [3.63, 3.8) is 0 Å². The maximum atomic E-state index is 14.9. The van der Waals surface area contributed by atoms with E-state index < -0.39 is 23.2 Å². The van der Waals surface area contributed by atoms with Crippen LogP contribution in [0, 0.1) is 11.7 Å². The summed E-state index contributed by atoms with van der Waals surface area (Å²) in [6.07, 6.45) is -0.697. The summed E-state index contributed by atoms with van der Waals surface area (Å²) in [4.78, 5) is 26.9. The molecule has 0 unspecified atom stereocenters. The number of benzene rings is 2. The second-order valence-electron chi connectivity index (χ2n) is 10.9. The van der Waals surface area contributed by atoms with Gasteiger partial charge in [0.2, 0.25) is 0 Å². The molecule has 0 spiro atoms. The summed E-state index contributed by atoms with van der Waals surface area (Å²) >= 11 is 1.76. The molecule has 2 saturated heterocycles. The predicted molar refractivity (Wildman–Crippen MR) is 142 cm³/mol. The Hall–Kier alpha value is -2.78. The van der Waals surface area contributed by atoms with Gasteiger partial charge in [0, 0.05) is 11.7 Å². The molecule has 2 aromatic carbocycles. The molecule has 3 atom stereocenters. The second kappa shape index (κ2) is 10.9. The topological polar surface area (TPSA) is 77.1 Å². The molecule has 0 bridgehead atoms. The van der Waals surface area contributed by atoms with Gasteiger partial charge < -0.3 is 14.2 Å². The molecule has 2 amide bonds. The van der Waals surface area contributed by atoms with E-state index >= 15 is 0 Å². The predicted octanol–water partition coefficient (Wildman–Crippen LogP) is 6.22. The molecule has 2 aromatic rings. The summed E-state index contributed by atoms with van der Waals surface area (Å²) in [5.74, 6) is 1.15. The van der Waals surface area contributed by atoms with Crippen molar-refractivity contribution in [3.05, 3.63) is 65.5 Å². The number of hydrogen-bond donors (Lipinski definition) is 1. The van der Waals surface area contributed by atoms with Gasteiger partial charge in [-0.25, -0.2) is 14.0 Å². The molecule has 0 saturated carbocycles. The third kappa shape index (κ3) is 6.76. The third-order valence-electron chi connectivity index (χ3n) is 6.37. The van der Waals surface area contributed by atoms with Gasteiger partial charge in [-0.1, -0.05) is 36.4 Å². The molecule has 37 heavy (non-hydrogen) atoms.